The Kier molecular flexibility index (Phi) is 81.2. The summed E-state index contributed by atoms with van der Waals surface area (Å²) in [6.07, 6.45) is 9.68. The molecule has 0 saturated carbocycles. The lowest BCUT2D eigenvalue weighted by molar-refractivity contribution is 0.607. The summed E-state index contributed by atoms with van der Waals surface area (Å²) in [7, 11) is -3.28. The van der Waals surface area contributed by atoms with E-state index in [1.165, 1.54) is 0 Å². The first-order valence-electron chi connectivity index (χ1n) is 2.95. The summed E-state index contributed by atoms with van der Waals surface area (Å²) in [6.45, 7) is 0. The molecule has 0 spiro atoms. The van der Waals surface area contributed by atoms with Crippen molar-refractivity contribution in [1.29, 1.82) is 0 Å². The van der Waals surface area contributed by atoms with Crippen LogP contribution in [0, 0.1) is 0 Å². The van der Waals surface area contributed by atoms with E-state index in [1.807, 2.05) is 12.5 Å². The highest BCUT2D eigenvalue weighted by Gasteiger charge is 1.79. The van der Waals surface area contributed by atoms with E-state index >= 15 is 0 Å². The van der Waals surface area contributed by atoms with Crippen molar-refractivity contribution in [3.05, 3.63) is 0 Å². The Labute approximate surface area is 112 Å². The normalized spacial score (nSPS) is 6.94. The molecule has 0 atom stereocenters. The van der Waals surface area contributed by atoms with Crippen LogP contribution in [-0.2, 0) is 20.6 Å². The Morgan fingerprint density at radius 3 is 0.875 bits per heavy atom. The van der Waals surface area contributed by atoms with Crippen LogP contribution in [0.3, 0.4) is 0 Å². The van der Waals surface area contributed by atoms with Crippen LogP contribution in [0.2, 0.25) is 0 Å². The van der Waals surface area contributed by atoms with Crippen molar-refractivity contribution < 1.29 is 12.6 Å². The number of sulfone groups is 1. The zero-order valence-corrected chi connectivity index (χ0v) is 10.9. The van der Waals surface area contributed by atoms with Crippen LogP contribution in [0.1, 0.15) is 29.7 Å². The predicted molar refractivity (Wildman–Crippen MR) is 87.1 cm³/mol. The van der Waals surface area contributed by atoms with Gasteiger partial charge in [-0.2, -0.15) is 11.8 Å². The maximum atomic E-state index is 9.63. The van der Waals surface area contributed by atoms with E-state index < -0.39 is 20.6 Å². The Morgan fingerprint density at radius 2 is 0.875 bits per heavy atom. The van der Waals surface area contributed by atoms with Gasteiger partial charge in [0.25, 0.3) is 0 Å². The van der Waals surface area contributed by atoms with E-state index in [2.05, 4.69) is 0 Å². The first-order valence-corrected chi connectivity index (χ1v) is 8.85. The number of thioether (sulfide) groups is 1. The van der Waals surface area contributed by atoms with Gasteiger partial charge in [0.1, 0.15) is 9.84 Å². The lowest BCUT2D eigenvalue weighted by Crippen LogP contribution is -1.86. The minimum atomic E-state index is -2.67. The molecule has 0 heterocycles. The molecule has 16 heavy (non-hydrogen) atoms. The fourth-order valence-corrected chi connectivity index (χ4v) is 0. The van der Waals surface area contributed by atoms with Crippen molar-refractivity contribution in [3.63, 3.8) is 0 Å². The highest BCUT2D eigenvalue weighted by molar-refractivity contribution is 7.97. The van der Waals surface area contributed by atoms with Gasteiger partial charge in [-0.15, -0.1) is 0 Å². The Balaban J connectivity index is -0.0000000138. The Bertz CT molecular complexity index is 175. The van der Waals surface area contributed by atoms with Gasteiger partial charge in [0.15, 0.2) is 0 Å². The van der Waals surface area contributed by atoms with Crippen molar-refractivity contribution in [2.75, 3.05) is 37.5 Å². The van der Waals surface area contributed by atoms with Crippen molar-refractivity contribution in [2.24, 2.45) is 0 Å². The summed E-state index contributed by atoms with van der Waals surface area (Å²) < 4.78 is 28.8. The summed E-state index contributed by atoms with van der Waals surface area (Å²) in [5.41, 5.74) is 0. The molecule has 0 aromatic rings. The Morgan fingerprint density at radius 1 is 0.875 bits per heavy atom. The Hall–Kier alpha value is 0.450. The second-order valence-corrected chi connectivity index (χ2v) is 6.88. The minimum absolute atomic E-state index is 0. The third-order valence-electron chi connectivity index (χ3n) is 0. The minimum Gasteiger partial charge on any atom is -0.260 e. The average molecular weight is 299 g/mol. The van der Waals surface area contributed by atoms with E-state index in [9.17, 15) is 12.6 Å². The summed E-state index contributed by atoms with van der Waals surface area (Å²) in [5.74, 6) is 0. The summed E-state index contributed by atoms with van der Waals surface area (Å²) >= 11 is 1.75. The van der Waals surface area contributed by atoms with Gasteiger partial charge in [0, 0.05) is 35.8 Å². The van der Waals surface area contributed by atoms with Gasteiger partial charge in [-0.05, 0) is 12.5 Å². The zero-order valence-electron chi connectivity index (χ0n) is 8.45. The third-order valence-corrected chi connectivity index (χ3v) is 0. The molecule has 0 aliphatic heterocycles. The van der Waals surface area contributed by atoms with E-state index in [0.717, 1.165) is 12.5 Å². The molecule has 0 N–H and O–H groups in total. The highest BCUT2D eigenvalue weighted by Crippen LogP contribution is 1.70. The summed E-state index contributed by atoms with van der Waals surface area (Å²) in [4.78, 5) is 0. The molecule has 0 rings (SSSR count). The van der Waals surface area contributed by atoms with Gasteiger partial charge < -0.3 is 0 Å². The molecule has 0 aliphatic carbocycles. The van der Waals surface area contributed by atoms with Crippen LogP contribution in [0.15, 0.2) is 0 Å². The fourth-order valence-electron chi connectivity index (χ4n) is 0. The highest BCUT2D eigenvalue weighted by atomic mass is 32.2. The molecule has 0 aromatic heterocycles. The van der Waals surface area contributed by atoms with Crippen molar-refractivity contribution >= 4 is 32.4 Å². The fraction of sp³-hybridized carbons (Fsp3) is 1.00. The topological polar surface area (TPSA) is 51.2 Å². The molecule has 0 saturated heterocycles. The first kappa shape index (κ1) is 44.0. The van der Waals surface area contributed by atoms with E-state index in [4.69, 9.17) is 0 Å². The quantitative estimate of drug-likeness (QED) is 0.689. The van der Waals surface area contributed by atoms with Gasteiger partial charge in [-0.3, -0.25) is 4.21 Å². The van der Waals surface area contributed by atoms with Crippen LogP contribution in [-0.4, -0.2) is 50.2 Å². The maximum Gasteiger partial charge on any atom is 0.144 e. The third kappa shape index (κ3) is 12900. The molecule has 0 unspecified atom stereocenters. The smallest absolute Gasteiger partial charge is 0.144 e. The molecule has 0 amide bonds. The van der Waals surface area contributed by atoms with Gasteiger partial charge in [0.05, 0.1) is 0 Å². The maximum absolute atomic E-state index is 9.63. The molecule has 3 nitrogen and oxygen atoms in total. The van der Waals surface area contributed by atoms with E-state index in [-0.39, 0.29) is 29.7 Å². The van der Waals surface area contributed by atoms with Crippen LogP contribution in [0.4, 0.5) is 0 Å². The lowest BCUT2D eigenvalue weighted by Gasteiger charge is -1.69. The van der Waals surface area contributed by atoms with Gasteiger partial charge >= 0.3 is 0 Å². The number of hydrogen-bond acceptors (Lipinski definition) is 4. The standard InChI is InChI=1S/C2H6O2S.C2H6OS.C2H6S.4CH4/c1-5(2,3)4;1-4(2)3;1-3-2;;;;/h1-2H3;1-2H3;1-2H3;4*1H4. The largest absolute Gasteiger partial charge is 0.260 e. The monoisotopic (exact) mass is 298 g/mol. The van der Waals surface area contributed by atoms with Crippen LogP contribution in [0.25, 0.3) is 0 Å². The molecular weight excluding hydrogens is 264 g/mol. The van der Waals surface area contributed by atoms with Crippen molar-refractivity contribution in [2.45, 2.75) is 29.7 Å². The average Bonchev–Trinajstić information content (AvgIpc) is 1.56. The zero-order chi connectivity index (χ0) is 10.8. The lowest BCUT2D eigenvalue weighted by atomic mass is 11.9. The number of rotatable bonds is 0. The summed E-state index contributed by atoms with van der Waals surface area (Å²) in [5, 5.41) is 0. The van der Waals surface area contributed by atoms with Gasteiger partial charge in [0.2, 0.25) is 0 Å². The van der Waals surface area contributed by atoms with Gasteiger partial charge in [-0.1, -0.05) is 29.7 Å². The molecule has 0 bridgehead atoms. The van der Waals surface area contributed by atoms with Crippen LogP contribution >= 0.6 is 11.8 Å². The molecule has 0 radical (unpaired) electrons. The SMILES string of the molecule is C.C.C.C.CS(C)(=O)=O.CS(C)=O.CSC. The van der Waals surface area contributed by atoms with Gasteiger partial charge in [-0.25, -0.2) is 8.42 Å². The van der Waals surface area contributed by atoms with Crippen molar-refractivity contribution in [1.82, 2.24) is 0 Å². The predicted octanol–water partition coefficient (Wildman–Crippen LogP) is 3.18. The van der Waals surface area contributed by atoms with Crippen LogP contribution < -0.4 is 0 Å². The van der Waals surface area contributed by atoms with Crippen molar-refractivity contribution in [3.8, 4) is 0 Å². The van der Waals surface area contributed by atoms with Crippen LogP contribution in [0.5, 0.6) is 0 Å². The second kappa shape index (κ2) is 29.5. The molecule has 110 valence electrons. The second-order valence-electron chi connectivity index (χ2n) is 2.29. The van der Waals surface area contributed by atoms with E-state index in [0.29, 0.717) is 0 Å². The summed E-state index contributed by atoms with van der Waals surface area (Å²) in [6, 6.07) is 0. The number of hydrogen-bond donors (Lipinski definition) is 0. The molecule has 0 fully saturated rings. The van der Waals surface area contributed by atoms with E-state index in [1.54, 1.807) is 24.3 Å². The molecule has 6 heteroatoms. The first-order chi connectivity index (χ1) is 5.15. The molecule has 0 aromatic carbocycles. The molecule has 0 aliphatic rings. The molecular formula is C10H34O3S3.